The van der Waals surface area contributed by atoms with Gasteiger partial charge in [0.05, 0.1) is 7.11 Å². The number of methoxy groups -OCH3 is 1. The molecule has 0 aliphatic rings. The van der Waals surface area contributed by atoms with E-state index in [1.807, 2.05) is 12.1 Å². The van der Waals surface area contributed by atoms with Crippen molar-refractivity contribution < 1.29 is 4.74 Å². The summed E-state index contributed by atoms with van der Waals surface area (Å²) in [6.07, 6.45) is 1.80. The molecule has 114 valence electrons. The molecule has 0 saturated carbocycles. The molecule has 0 radical (unpaired) electrons. The first-order chi connectivity index (χ1) is 9.06. The average molecular weight is 392 g/mol. The summed E-state index contributed by atoms with van der Waals surface area (Å²) in [5, 5.41) is 6.62. The van der Waals surface area contributed by atoms with E-state index in [4.69, 9.17) is 4.74 Å². The smallest absolute Gasteiger partial charge is 0.212 e. The van der Waals surface area contributed by atoms with E-state index in [9.17, 15) is 0 Å². The molecule has 0 saturated heterocycles. The Morgan fingerprint density at radius 2 is 2.05 bits per heavy atom. The number of rotatable bonds is 5. The summed E-state index contributed by atoms with van der Waals surface area (Å²) in [6.45, 7) is 7.19. The minimum absolute atomic E-state index is 0. The third kappa shape index (κ3) is 6.40. The second-order valence-corrected chi connectivity index (χ2v) is 4.81. The monoisotopic (exact) mass is 392 g/mol. The molecule has 0 aliphatic heterocycles. The van der Waals surface area contributed by atoms with Gasteiger partial charge in [-0.25, -0.2) is 4.98 Å². The SMILES string of the molecule is CN=C(NCc1ccc(OC)nc1)NC(C)C(C)C.I. The third-order valence-corrected chi connectivity index (χ3v) is 3.05. The summed E-state index contributed by atoms with van der Waals surface area (Å²) in [6, 6.07) is 4.21. The number of nitrogens with zero attached hydrogens (tertiary/aromatic N) is 2. The van der Waals surface area contributed by atoms with Gasteiger partial charge >= 0.3 is 0 Å². The van der Waals surface area contributed by atoms with Gasteiger partial charge in [0.2, 0.25) is 5.88 Å². The summed E-state index contributed by atoms with van der Waals surface area (Å²) >= 11 is 0. The number of aromatic nitrogens is 1. The molecule has 0 spiro atoms. The summed E-state index contributed by atoms with van der Waals surface area (Å²) in [4.78, 5) is 8.38. The number of hydrogen-bond donors (Lipinski definition) is 2. The number of ether oxygens (including phenoxy) is 1. The van der Waals surface area contributed by atoms with Crippen LogP contribution in [0.5, 0.6) is 5.88 Å². The predicted molar refractivity (Wildman–Crippen MR) is 93.8 cm³/mol. The maximum Gasteiger partial charge on any atom is 0.212 e. The number of nitrogens with one attached hydrogen (secondary N) is 2. The maximum atomic E-state index is 5.03. The van der Waals surface area contributed by atoms with Crippen LogP contribution in [0.2, 0.25) is 0 Å². The molecule has 2 N–H and O–H groups in total. The Morgan fingerprint density at radius 3 is 2.50 bits per heavy atom. The molecule has 6 heteroatoms. The van der Waals surface area contributed by atoms with E-state index in [1.54, 1.807) is 20.4 Å². The highest BCUT2D eigenvalue weighted by molar-refractivity contribution is 14.0. The Bertz CT molecular complexity index is 406. The Labute approximate surface area is 138 Å². The molecule has 1 rings (SSSR count). The van der Waals surface area contributed by atoms with Crippen molar-refractivity contribution in [3.63, 3.8) is 0 Å². The van der Waals surface area contributed by atoms with Gasteiger partial charge in [-0.05, 0) is 18.4 Å². The molecule has 1 aromatic heterocycles. The van der Waals surface area contributed by atoms with Crippen molar-refractivity contribution >= 4 is 29.9 Å². The fourth-order valence-electron chi connectivity index (χ4n) is 1.40. The summed E-state index contributed by atoms with van der Waals surface area (Å²) in [5.74, 6) is 1.98. The molecule has 0 aliphatic carbocycles. The van der Waals surface area contributed by atoms with E-state index >= 15 is 0 Å². The minimum atomic E-state index is 0. The van der Waals surface area contributed by atoms with Crippen LogP contribution < -0.4 is 15.4 Å². The van der Waals surface area contributed by atoms with Crippen LogP contribution >= 0.6 is 24.0 Å². The topological polar surface area (TPSA) is 58.5 Å². The lowest BCUT2D eigenvalue weighted by molar-refractivity contribution is 0.397. The zero-order chi connectivity index (χ0) is 14.3. The maximum absolute atomic E-state index is 5.03. The number of guanidine groups is 1. The lowest BCUT2D eigenvalue weighted by Crippen LogP contribution is -2.43. The number of hydrogen-bond acceptors (Lipinski definition) is 3. The fraction of sp³-hybridized carbons (Fsp3) is 0.571. The standard InChI is InChI=1S/C14H24N4O.HI/c1-10(2)11(3)18-14(15-4)17-9-12-6-7-13(19-5)16-8-12;/h6-8,10-11H,9H2,1-5H3,(H2,15,17,18);1H. The van der Waals surface area contributed by atoms with E-state index in [1.165, 1.54) is 0 Å². The highest BCUT2D eigenvalue weighted by Gasteiger charge is 2.08. The quantitative estimate of drug-likeness (QED) is 0.459. The lowest BCUT2D eigenvalue weighted by Gasteiger charge is -2.20. The van der Waals surface area contributed by atoms with Crippen LogP contribution in [-0.4, -0.2) is 31.1 Å². The summed E-state index contributed by atoms with van der Waals surface area (Å²) < 4.78 is 5.03. The Hall–Kier alpha value is -1.05. The van der Waals surface area contributed by atoms with Crippen LogP contribution in [0.25, 0.3) is 0 Å². The van der Waals surface area contributed by atoms with Crippen molar-refractivity contribution in [3.8, 4) is 5.88 Å². The van der Waals surface area contributed by atoms with E-state index in [0.717, 1.165) is 11.5 Å². The largest absolute Gasteiger partial charge is 0.481 e. The van der Waals surface area contributed by atoms with Gasteiger partial charge in [0.1, 0.15) is 0 Å². The van der Waals surface area contributed by atoms with Gasteiger partial charge in [-0.15, -0.1) is 24.0 Å². The lowest BCUT2D eigenvalue weighted by atomic mass is 10.1. The molecule has 20 heavy (non-hydrogen) atoms. The number of pyridine rings is 1. The first kappa shape index (κ1) is 18.9. The van der Waals surface area contributed by atoms with Crippen LogP contribution in [0.1, 0.15) is 26.3 Å². The summed E-state index contributed by atoms with van der Waals surface area (Å²) in [5.41, 5.74) is 1.08. The van der Waals surface area contributed by atoms with Crippen molar-refractivity contribution in [2.45, 2.75) is 33.4 Å². The first-order valence-electron chi connectivity index (χ1n) is 6.53. The molecule has 0 amide bonds. The zero-order valence-corrected chi connectivity index (χ0v) is 15.1. The van der Waals surface area contributed by atoms with E-state index < -0.39 is 0 Å². The Balaban J connectivity index is 0.00000361. The van der Waals surface area contributed by atoms with Gasteiger partial charge in [0.15, 0.2) is 5.96 Å². The van der Waals surface area contributed by atoms with Crippen molar-refractivity contribution in [2.75, 3.05) is 14.2 Å². The molecule has 1 aromatic rings. The van der Waals surface area contributed by atoms with Crippen molar-refractivity contribution in [1.29, 1.82) is 0 Å². The number of halogens is 1. The molecule has 0 bridgehead atoms. The molecule has 5 nitrogen and oxygen atoms in total. The van der Waals surface area contributed by atoms with Gasteiger partial charge < -0.3 is 15.4 Å². The second-order valence-electron chi connectivity index (χ2n) is 4.81. The van der Waals surface area contributed by atoms with Crippen LogP contribution in [0.4, 0.5) is 0 Å². The molecular formula is C14H25IN4O. The van der Waals surface area contributed by atoms with Crippen LogP contribution in [-0.2, 0) is 6.54 Å². The van der Waals surface area contributed by atoms with E-state index in [0.29, 0.717) is 24.4 Å². The van der Waals surface area contributed by atoms with Gasteiger partial charge in [-0.1, -0.05) is 19.9 Å². The molecule has 1 atom stereocenters. The summed E-state index contributed by atoms with van der Waals surface area (Å²) in [7, 11) is 3.38. The van der Waals surface area contributed by atoms with Gasteiger partial charge in [0.25, 0.3) is 0 Å². The van der Waals surface area contributed by atoms with Crippen molar-refractivity contribution in [2.24, 2.45) is 10.9 Å². The van der Waals surface area contributed by atoms with Gasteiger partial charge in [-0.3, -0.25) is 4.99 Å². The third-order valence-electron chi connectivity index (χ3n) is 3.05. The molecule has 0 fully saturated rings. The van der Waals surface area contributed by atoms with Crippen LogP contribution in [0.3, 0.4) is 0 Å². The van der Waals surface area contributed by atoms with Crippen LogP contribution in [0.15, 0.2) is 23.3 Å². The zero-order valence-electron chi connectivity index (χ0n) is 12.8. The van der Waals surface area contributed by atoms with Gasteiger partial charge in [0, 0.05) is 31.9 Å². The predicted octanol–water partition coefficient (Wildman–Crippen LogP) is 2.42. The molecule has 1 heterocycles. The highest BCUT2D eigenvalue weighted by atomic mass is 127. The highest BCUT2D eigenvalue weighted by Crippen LogP contribution is 2.06. The Morgan fingerprint density at radius 1 is 1.35 bits per heavy atom. The van der Waals surface area contributed by atoms with E-state index in [-0.39, 0.29) is 24.0 Å². The second kappa shape index (κ2) is 9.79. The Kier molecular flexibility index (Phi) is 9.28. The minimum Gasteiger partial charge on any atom is -0.481 e. The number of aliphatic imine (C=N–C) groups is 1. The van der Waals surface area contributed by atoms with Crippen LogP contribution in [0, 0.1) is 5.92 Å². The van der Waals surface area contributed by atoms with E-state index in [2.05, 4.69) is 41.4 Å². The molecule has 0 aromatic carbocycles. The first-order valence-corrected chi connectivity index (χ1v) is 6.53. The van der Waals surface area contributed by atoms with Crippen molar-refractivity contribution in [3.05, 3.63) is 23.9 Å². The molecule has 1 unspecified atom stereocenters. The normalized spacial score (nSPS) is 12.6. The average Bonchev–Trinajstić information content (AvgIpc) is 2.43. The van der Waals surface area contributed by atoms with Crippen molar-refractivity contribution in [1.82, 2.24) is 15.6 Å². The van der Waals surface area contributed by atoms with Gasteiger partial charge in [-0.2, -0.15) is 0 Å². The fourth-order valence-corrected chi connectivity index (χ4v) is 1.40. The molecular weight excluding hydrogens is 367 g/mol.